The molecule has 3 aromatic carbocycles. The molecule has 0 unspecified atom stereocenters. The molecule has 0 fully saturated rings. The van der Waals surface area contributed by atoms with E-state index in [0.717, 1.165) is 23.2 Å². The van der Waals surface area contributed by atoms with Crippen LogP contribution in [-0.4, -0.2) is 19.9 Å². The lowest BCUT2D eigenvalue weighted by Crippen LogP contribution is -2.29. The third kappa shape index (κ3) is 4.35. The van der Waals surface area contributed by atoms with Gasteiger partial charge >= 0.3 is 0 Å². The minimum Gasteiger partial charge on any atom is -0.492 e. The van der Waals surface area contributed by atoms with Gasteiger partial charge in [0.05, 0.1) is 28.2 Å². The van der Waals surface area contributed by atoms with E-state index in [2.05, 4.69) is 22.2 Å². The molecule has 8 nitrogen and oxygen atoms in total. The zero-order chi connectivity index (χ0) is 24.6. The topological polar surface area (TPSA) is 111 Å². The number of rotatable bonds is 7. The van der Waals surface area contributed by atoms with Crippen LogP contribution in [-0.2, 0) is 10.0 Å². The van der Waals surface area contributed by atoms with Crippen molar-refractivity contribution in [2.45, 2.75) is 30.2 Å². The number of nitro groups is 1. The van der Waals surface area contributed by atoms with Crippen molar-refractivity contribution >= 4 is 27.1 Å². The molecule has 0 bridgehead atoms. The summed E-state index contributed by atoms with van der Waals surface area (Å²) in [4.78, 5) is 11.1. The number of nitrogens with zero attached hydrogens (tertiary/aromatic N) is 1. The molecule has 0 saturated heterocycles. The number of benzene rings is 3. The second-order valence-corrected chi connectivity index (χ2v) is 10.3. The first kappa shape index (κ1) is 22.9. The molecule has 9 heteroatoms. The Morgan fingerprint density at radius 2 is 1.94 bits per heavy atom. The number of anilines is 2. The quantitative estimate of drug-likeness (QED) is 0.252. The fraction of sp³-hybridized carbons (Fsp3) is 0.231. The first-order valence-electron chi connectivity index (χ1n) is 11.4. The van der Waals surface area contributed by atoms with E-state index in [-0.39, 0.29) is 28.5 Å². The molecule has 1 heterocycles. The molecule has 2 aliphatic rings. The van der Waals surface area contributed by atoms with Crippen LogP contribution in [0.4, 0.5) is 17.1 Å². The molecule has 180 valence electrons. The van der Waals surface area contributed by atoms with E-state index in [1.54, 1.807) is 54.6 Å². The number of nitro benzene ring substituents is 1. The van der Waals surface area contributed by atoms with Crippen molar-refractivity contribution in [1.82, 2.24) is 0 Å². The van der Waals surface area contributed by atoms with E-state index in [1.165, 1.54) is 6.07 Å². The van der Waals surface area contributed by atoms with Gasteiger partial charge in [-0.1, -0.05) is 36.4 Å². The number of nitrogens with one attached hydrogen (secondary N) is 2. The van der Waals surface area contributed by atoms with Crippen LogP contribution in [0, 0.1) is 16.0 Å². The van der Waals surface area contributed by atoms with Gasteiger partial charge in [0.2, 0.25) is 0 Å². The van der Waals surface area contributed by atoms with Crippen LogP contribution in [0.5, 0.6) is 5.75 Å². The van der Waals surface area contributed by atoms with Gasteiger partial charge in [-0.2, -0.15) is 0 Å². The number of non-ortho nitro benzene ring substituents is 1. The average Bonchev–Trinajstić information content (AvgIpc) is 3.35. The van der Waals surface area contributed by atoms with Crippen LogP contribution in [0.1, 0.15) is 36.4 Å². The third-order valence-electron chi connectivity index (χ3n) is 6.52. The lowest BCUT2D eigenvalue weighted by Gasteiger charge is -2.37. The largest absolute Gasteiger partial charge is 0.492 e. The number of fused-ring (bicyclic) bond motifs is 3. The molecule has 2 N–H and O–H groups in total. The van der Waals surface area contributed by atoms with Gasteiger partial charge in [-0.05, 0) is 60.7 Å². The Morgan fingerprint density at radius 3 is 2.74 bits per heavy atom. The maximum absolute atomic E-state index is 13.3. The van der Waals surface area contributed by atoms with Crippen molar-refractivity contribution < 1.29 is 18.1 Å². The Hall–Kier alpha value is -3.85. The lowest BCUT2D eigenvalue weighted by atomic mass is 9.77. The summed E-state index contributed by atoms with van der Waals surface area (Å²) in [5.41, 5.74) is 3.00. The summed E-state index contributed by atoms with van der Waals surface area (Å²) in [7, 11) is -3.85. The minimum atomic E-state index is -3.85. The molecule has 5 rings (SSSR count). The van der Waals surface area contributed by atoms with Gasteiger partial charge in [-0.3, -0.25) is 14.8 Å². The molecular formula is C26H25N3O5S. The molecule has 3 aromatic rings. The first-order valence-corrected chi connectivity index (χ1v) is 12.9. The molecule has 35 heavy (non-hydrogen) atoms. The smallest absolute Gasteiger partial charge is 0.269 e. The van der Waals surface area contributed by atoms with Crippen molar-refractivity contribution in [2.75, 3.05) is 16.6 Å². The average molecular weight is 492 g/mol. The van der Waals surface area contributed by atoms with E-state index in [4.69, 9.17) is 4.74 Å². The molecule has 3 atom stereocenters. The van der Waals surface area contributed by atoms with E-state index >= 15 is 0 Å². The van der Waals surface area contributed by atoms with Gasteiger partial charge in [0.15, 0.2) is 0 Å². The molecule has 0 saturated carbocycles. The highest BCUT2D eigenvalue weighted by atomic mass is 32.2. The minimum absolute atomic E-state index is 0.00127. The maximum atomic E-state index is 13.3. The van der Waals surface area contributed by atoms with Crippen LogP contribution in [0.25, 0.3) is 0 Å². The third-order valence-corrected chi connectivity index (χ3v) is 7.88. The van der Waals surface area contributed by atoms with Crippen molar-refractivity contribution in [3.63, 3.8) is 0 Å². The second kappa shape index (κ2) is 9.07. The van der Waals surface area contributed by atoms with E-state index < -0.39 is 14.9 Å². The molecular weight excluding hydrogens is 466 g/mol. The van der Waals surface area contributed by atoms with Gasteiger partial charge in [-0.15, -0.1) is 0 Å². The van der Waals surface area contributed by atoms with Crippen LogP contribution in [0.2, 0.25) is 0 Å². The van der Waals surface area contributed by atoms with Crippen LogP contribution < -0.4 is 14.8 Å². The van der Waals surface area contributed by atoms with Crippen LogP contribution in [0.15, 0.2) is 83.8 Å². The zero-order valence-corrected chi connectivity index (χ0v) is 19.9. The number of hydrogen-bond acceptors (Lipinski definition) is 6. The lowest BCUT2D eigenvalue weighted by molar-refractivity contribution is -0.384. The van der Waals surface area contributed by atoms with Gasteiger partial charge in [0.1, 0.15) is 5.75 Å². The Morgan fingerprint density at radius 1 is 1.11 bits per heavy atom. The summed E-state index contributed by atoms with van der Waals surface area (Å²) in [6, 6.07) is 18.5. The maximum Gasteiger partial charge on any atom is 0.269 e. The van der Waals surface area contributed by atoms with Gasteiger partial charge in [0, 0.05) is 23.7 Å². The normalized spacial score (nSPS) is 20.4. The molecule has 1 aliphatic carbocycles. The number of ether oxygens (including phenoxy) is 1. The molecule has 0 radical (unpaired) electrons. The van der Waals surface area contributed by atoms with Crippen LogP contribution in [0.3, 0.4) is 0 Å². The Labute approximate surface area is 203 Å². The summed E-state index contributed by atoms with van der Waals surface area (Å²) in [6.07, 6.45) is 4.98. The molecule has 0 aromatic heterocycles. The van der Waals surface area contributed by atoms with E-state index in [9.17, 15) is 18.5 Å². The van der Waals surface area contributed by atoms with Crippen molar-refractivity contribution in [2.24, 2.45) is 5.92 Å². The summed E-state index contributed by atoms with van der Waals surface area (Å²) in [6.45, 7) is 2.26. The van der Waals surface area contributed by atoms with Crippen molar-refractivity contribution in [1.29, 1.82) is 0 Å². The summed E-state index contributed by atoms with van der Waals surface area (Å²) in [5, 5.41) is 14.8. The Kier molecular flexibility index (Phi) is 5.94. The van der Waals surface area contributed by atoms with Gasteiger partial charge < -0.3 is 10.1 Å². The predicted octanol–water partition coefficient (Wildman–Crippen LogP) is 5.62. The summed E-state index contributed by atoms with van der Waals surface area (Å²) in [5.74, 6) is 0.590. The highest BCUT2D eigenvalue weighted by Crippen LogP contribution is 2.50. The predicted molar refractivity (Wildman–Crippen MR) is 134 cm³/mol. The monoisotopic (exact) mass is 491 g/mol. The number of sulfonamides is 1. The first-order chi connectivity index (χ1) is 16.9. The SMILES string of the molecule is CCOc1ccccc1NS(=O)(=O)c1ccc2c(c1)[C@H]1C=CC[C@H]1[C@@H](c1cccc([N+](=O)[O-])c1)N2. The zero-order valence-electron chi connectivity index (χ0n) is 19.0. The number of hydrogen-bond donors (Lipinski definition) is 2. The van der Waals surface area contributed by atoms with Gasteiger partial charge in [-0.25, -0.2) is 8.42 Å². The Balaban J connectivity index is 1.48. The highest BCUT2D eigenvalue weighted by molar-refractivity contribution is 7.92. The molecule has 0 spiro atoms. The number of allylic oxidation sites excluding steroid dienone is 2. The van der Waals surface area contributed by atoms with E-state index in [1.807, 2.05) is 13.0 Å². The van der Waals surface area contributed by atoms with E-state index in [0.29, 0.717) is 18.0 Å². The molecule has 1 aliphatic heterocycles. The summed E-state index contributed by atoms with van der Waals surface area (Å²) >= 11 is 0. The van der Waals surface area contributed by atoms with Gasteiger partial charge in [0.25, 0.3) is 15.7 Å². The summed E-state index contributed by atoms with van der Waals surface area (Å²) < 4.78 is 34.7. The number of para-hydroxylation sites is 2. The van der Waals surface area contributed by atoms with Crippen LogP contribution >= 0.6 is 0 Å². The second-order valence-electron chi connectivity index (χ2n) is 8.61. The molecule has 0 amide bonds. The fourth-order valence-electron chi connectivity index (χ4n) is 4.94. The fourth-order valence-corrected chi connectivity index (χ4v) is 6.04. The highest BCUT2D eigenvalue weighted by Gasteiger charge is 2.38. The standard InChI is InChI=1S/C26H25N3O5S/c1-2-34-25-12-4-3-11-24(25)28-35(32,33)19-13-14-23-22(16-19)20-9-6-10-21(20)26(27-23)17-7-5-8-18(15-17)29(30)31/h3-9,11-16,20-21,26-28H,2,10H2,1H3/t20-,21+,26+/m0/s1. The van der Waals surface area contributed by atoms with Crippen molar-refractivity contribution in [3.8, 4) is 5.75 Å². The van der Waals surface area contributed by atoms with Crippen molar-refractivity contribution in [3.05, 3.63) is 100 Å². The Bertz CT molecular complexity index is 1420.